The number of benzene rings is 2. The Morgan fingerprint density at radius 3 is 2.60 bits per heavy atom. The molecule has 0 aliphatic heterocycles. The number of hydrogen-bond donors (Lipinski definition) is 1. The second-order valence-electron chi connectivity index (χ2n) is 8.31. The van der Waals surface area contributed by atoms with Crippen LogP contribution in [0.25, 0.3) is 11.3 Å². The fourth-order valence-electron chi connectivity index (χ4n) is 3.96. The highest BCUT2D eigenvalue weighted by Gasteiger charge is 2.16. The van der Waals surface area contributed by atoms with Gasteiger partial charge in [0, 0.05) is 43.0 Å². The number of aromatic nitrogens is 4. The van der Waals surface area contributed by atoms with Gasteiger partial charge in [-0.1, -0.05) is 25.1 Å². The summed E-state index contributed by atoms with van der Waals surface area (Å²) in [6, 6.07) is 14.9. The van der Waals surface area contributed by atoms with Gasteiger partial charge in [-0.2, -0.15) is 0 Å². The van der Waals surface area contributed by atoms with Gasteiger partial charge in [0.1, 0.15) is 17.3 Å². The summed E-state index contributed by atoms with van der Waals surface area (Å²) in [7, 11) is 1.61. The molecule has 0 radical (unpaired) electrons. The van der Waals surface area contributed by atoms with Crippen molar-refractivity contribution in [2.75, 3.05) is 13.7 Å². The molecular formula is C26H29N5O4. The number of para-hydroxylation sites is 1. The molecule has 9 heteroatoms. The van der Waals surface area contributed by atoms with Gasteiger partial charge in [-0.05, 0) is 43.2 Å². The van der Waals surface area contributed by atoms with Crippen LogP contribution in [0.5, 0.6) is 11.5 Å². The van der Waals surface area contributed by atoms with Crippen LogP contribution in [0.4, 0.5) is 0 Å². The summed E-state index contributed by atoms with van der Waals surface area (Å²) in [5.41, 5.74) is 1.61. The van der Waals surface area contributed by atoms with E-state index in [9.17, 15) is 9.59 Å². The number of nitrogens with zero attached hydrogens (tertiary/aromatic N) is 4. The summed E-state index contributed by atoms with van der Waals surface area (Å²) in [6.45, 7) is 4.87. The smallest absolute Gasteiger partial charge is 0.300 e. The Balaban J connectivity index is 1.41. The maximum absolute atomic E-state index is 13.0. The molecule has 35 heavy (non-hydrogen) atoms. The summed E-state index contributed by atoms with van der Waals surface area (Å²) in [5.74, 6) is 2.08. The van der Waals surface area contributed by atoms with E-state index in [0.717, 1.165) is 17.1 Å². The van der Waals surface area contributed by atoms with Crippen LogP contribution in [0.15, 0.2) is 65.7 Å². The van der Waals surface area contributed by atoms with Gasteiger partial charge in [-0.15, -0.1) is 10.2 Å². The van der Waals surface area contributed by atoms with Gasteiger partial charge in [0.25, 0.3) is 0 Å². The molecule has 0 bridgehead atoms. The van der Waals surface area contributed by atoms with Gasteiger partial charge in [-0.25, -0.2) is 0 Å². The first-order valence-corrected chi connectivity index (χ1v) is 11.6. The van der Waals surface area contributed by atoms with Gasteiger partial charge in [0.2, 0.25) is 11.6 Å². The van der Waals surface area contributed by atoms with Gasteiger partial charge >= 0.3 is 5.56 Å². The molecule has 2 heterocycles. The van der Waals surface area contributed by atoms with E-state index in [1.807, 2.05) is 62.4 Å². The zero-order chi connectivity index (χ0) is 24.8. The Labute approximate surface area is 203 Å². The third-order valence-electron chi connectivity index (χ3n) is 5.70. The molecule has 1 N–H and O–H groups in total. The number of hydrogen-bond acceptors (Lipinski definition) is 6. The number of amides is 1. The van der Waals surface area contributed by atoms with Crippen molar-refractivity contribution in [1.82, 2.24) is 24.5 Å². The Morgan fingerprint density at radius 1 is 1.09 bits per heavy atom. The normalized spacial score (nSPS) is 11.9. The van der Waals surface area contributed by atoms with E-state index in [-0.39, 0.29) is 23.0 Å². The zero-order valence-electron chi connectivity index (χ0n) is 20.1. The second-order valence-corrected chi connectivity index (χ2v) is 8.31. The quantitative estimate of drug-likeness (QED) is 0.378. The molecule has 4 rings (SSSR count). The van der Waals surface area contributed by atoms with Crippen LogP contribution >= 0.6 is 0 Å². The fraction of sp³-hybridized carbons (Fsp3) is 0.308. The minimum absolute atomic E-state index is 0.00797. The maximum atomic E-state index is 13.0. The molecule has 1 amide bonds. The van der Waals surface area contributed by atoms with Gasteiger partial charge < -0.3 is 14.8 Å². The summed E-state index contributed by atoms with van der Waals surface area (Å²) < 4.78 is 14.0. The lowest BCUT2D eigenvalue weighted by Crippen LogP contribution is -2.25. The van der Waals surface area contributed by atoms with Crippen LogP contribution in [0, 0.1) is 5.92 Å². The van der Waals surface area contributed by atoms with Crippen molar-refractivity contribution < 1.29 is 14.3 Å². The number of carbonyl (C=O) groups is 1. The molecule has 2 aromatic heterocycles. The molecule has 0 unspecified atom stereocenters. The highest BCUT2D eigenvalue weighted by Crippen LogP contribution is 2.18. The standard InChI is InChI=1S/C26H29N5O4/c1-4-35-21-11-9-20(10-12-21)30-13-14-31-23(28-29-25(31)26(30)33)15-18(2)16-24(32)27-17-19-7-5-6-8-22(19)34-3/h5-14,18H,4,15-17H2,1-3H3,(H,27,32)/t18-/m0/s1. The predicted octanol–water partition coefficient (Wildman–Crippen LogP) is 3.17. The zero-order valence-corrected chi connectivity index (χ0v) is 20.1. The van der Waals surface area contributed by atoms with Crippen molar-refractivity contribution in [2.24, 2.45) is 5.92 Å². The molecule has 0 saturated heterocycles. The lowest BCUT2D eigenvalue weighted by Gasteiger charge is -2.12. The number of nitrogens with one attached hydrogen (secondary N) is 1. The van der Waals surface area contributed by atoms with Crippen LogP contribution in [0.2, 0.25) is 0 Å². The number of fused-ring (bicyclic) bond motifs is 1. The van der Waals surface area contributed by atoms with Crippen molar-refractivity contribution >= 4 is 11.6 Å². The summed E-state index contributed by atoms with van der Waals surface area (Å²) in [5, 5.41) is 11.3. The van der Waals surface area contributed by atoms with Crippen LogP contribution in [0.3, 0.4) is 0 Å². The topological polar surface area (TPSA) is 99.8 Å². The van der Waals surface area contributed by atoms with Crippen LogP contribution in [0.1, 0.15) is 31.7 Å². The molecular weight excluding hydrogens is 446 g/mol. The number of methoxy groups -OCH3 is 1. The molecule has 0 fully saturated rings. The van der Waals surface area contributed by atoms with Crippen molar-refractivity contribution in [3.63, 3.8) is 0 Å². The van der Waals surface area contributed by atoms with Gasteiger partial charge in [0.05, 0.1) is 13.7 Å². The van der Waals surface area contributed by atoms with Crippen molar-refractivity contribution in [1.29, 1.82) is 0 Å². The van der Waals surface area contributed by atoms with E-state index < -0.39 is 0 Å². The van der Waals surface area contributed by atoms with Crippen LogP contribution in [-0.2, 0) is 17.8 Å². The minimum atomic E-state index is -0.266. The molecule has 182 valence electrons. The molecule has 2 aromatic carbocycles. The van der Waals surface area contributed by atoms with Crippen molar-refractivity contribution in [3.05, 3.63) is 82.7 Å². The molecule has 9 nitrogen and oxygen atoms in total. The van der Waals surface area contributed by atoms with E-state index in [1.54, 1.807) is 23.9 Å². The first-order chi connectivity index (χ1) is 17.0. The van der Waals surface area contributed by atoms with Gasteiger partial charge in [-0.3, -0.25) is 18.6 Å². The molecule has 1 atom stereocenters. The number of ether oxygens (including phenoxy) is 2. The minimum Gasteiger partial charge on any atom is -0.496 e. The Bertz CT molecular complexity index is 1360. The summed E-state index contributed by atoms with van der Waals surface area (Å²) in [4.78, 5) is 25.5. The molecule has 0 spiro atoms. The van der Waals surface area contributed by atoms with E-state index in [2.05, 4.69) is 15.5 Å². The lowest BCUT2D eigenvalue weighted by atomic mass is 10.0. The highest BCUT2D eigenvalue weighted by molar-refractivity contribution is 5.76. The average Bonchev–Trinajstić information content (AvgIpc) is 3.27. The third kappa shape index (κ3) is 5.51. The third-order valence-corrected chi connectivity index (χ3v) is 5.70. The van der Waals surface area contributed by atoms with E-state index >= 15 is 0 Å². The summed E-state index contributed by atoms with van der Waals surface area (Å²) >= 11 is 0. The molecule has 0 aliphatic carbocycles. The number of rotatable bonds is 10. The average molecular weight is 476 g/mol. The Morgan fingerprint density at radius 2 is 1.86 bits per heavy atom. The van der Waals surface area contributed by atoms with Crippen molar-refractivity contribution in [3.8, 4) is 17.2 Å². The number of carbonyl (C=O) groups excluding carboxylic acids is 1. The predicted molar refractivity (Wildman–Crippen MR) is 132 cm³/mol. The molecule has 4 aromatic rings. The molecule has 0 saturated carbocycles. The van der Waals surface area contributed by atoms with E-state index in [4.69, 9.17) is 9.47 Å². The maximum Gasteiger partial charge on any atom is 0.300 e. The van der Waals surface area contributed by atoms with Crippen LogP contribution in [-0.4, -0.2) is 38.8 Å². The summed E-state index contributed by atoms with van der Waals surface area (Å²) in [6.07, 6.45) is 4.31. The highest BCUT2D eigenvalue weighted by atomic mass is 16.5. The van der Waals surface area contributed by atoms with Crippen LogP contribution < -0.4 is 20.3 Å². The van der Waals surface area contributed by atoms with E-state index in [0.29, 0.717) is 37.5 Å². The van der Waals surface area contributed by atoms with E-state index in [1.165, 1.54) is 4.57 Å². The first kappa shape index (κ1) is 24.0. The Hall–Kier alpha value is -4.14. The molecule has 0 aliphatic rings. The van der Waals surface area contributed by atoms with Gasteiger partial charge in [0.15, 0.2) is 0 Å². The second kappa shape index (κ2) is 10.9. The SMILES string of the molecule is CCOc1ccc(-n2ccn3c(C[C@H](C)CC(=O)NCc4ccccc4OC)nnc3c2=O)cc1. The lowest BCUT2D eigenvalue weighted by molar-refractivity contribution is -0.122. The largest absolute Gasteiger partial charge is 0.496 e. The first-order valence-electron chi connectivity index (χ1n) is 11.6. The Kier molecular flexibility index (Phi) is 7.45. The van der Waals surface area contributed by atoms with Crippen molar-refractivity contribution in [2.45, 2.75) is 33.2 Å². The fourth-order valence-corrected chi connectivity index (χ4v) is 3.96. The monoisotopic (exact) mass is 475 g/mol.